The second kappa shape index (κ2) is 10.4. The van der Waals surface area contributed by atoms with Gasteiger partial charge >= 0.3 is 0 Å². The van der Waals surface area contributed by atoms with E-state index in [-0.39, 0.29) is 18.2 Å². The quantitative estimate of drug-likeness (QED) is 0.467. The largest absolute Gasteiger partial charge is 0.356 e. The summed E-state index contributed by atoms with van der Waals surface area (Å²) in [5.41, 5.74) is 3.67. The van der Waals surface area contributed by atoms with Crippen molar-refractivity contribution in [2.75, 3.05) is 18.4 Å². The number of fused-ring (bicyclic) bond motifs is 1. The fourth-order valence-electron chi connectivity index (χ4n) is 3.23. The molecule has 0 unspecified atom stereocenters. The number of unbranched alkanes of at least 4 members (excludes halogenated alkanes) is 1. The highest BCUT2D eigenvalue weighted by molar-refractivity contribution is 6.08. The maximum Gasteiger partial charge on any atom is 0.254 e. The third-order valence-electron chi connectivity index (χ3n) is 4.77. The number of rotatable bonds is 9. The van der Waals surface area contributed by atoms with E-state index in [9.17, 15) is 9.59 Å². The fraction of sp³-hybridized carbons (Fsp3) is 0.292. The topological polar surface area (TPSA) is 83.1 Å². The van der Waals surface area contributed by atoms with Crippen molar-refractivity contribution in [1.82, 2.24) is 15.6 Å². The third kappa shape index (κ3) is 5.35. The lowest BCUT2D eigenvalue weighted by molar-refractivity contribution is -0.120. The van der Waals surface area contributed by atoms with E-state index in [0.717, 1.165) is 35.0 Å². The van der Waals surface area contributed by atoms with Crippen LogP contribution < -0.4 is 16.0 Å². The highest BCUT2D eigenvalue weighted by Crippen LogP contribution is 2.30. The lowest BCUT2D eigenvalue weighted by atomic mass is 10.0. The first-order valence-electron chi connectivity index (χ1n) is 10.4. The predicted octanol–water partition coefficient (Wildman–Crippen LogP) is 4.19. The Bertz CT molecular complexity index is 1020. The zero-order chi connectivity index (χ0) is 21.3. The molecule has 1 aromatic heterocycles. The molecular formula is C24H28N4O2. The zero-order valence-electron chi connectivity index (χ0n) is 17.5. The number of benzene rings is 2. The highest BCUT2D eigenvalue weighted by Gasteiger charge is 2.16. The Kier molecular flexibility index (Phi) is 7.38. The molecule has 0 fully saturated rings. The molecule has 3 rings (SSSR count). The Balaban J connectivity index is 1.99. The minimum absolute atomic E-state index is 0.00629. The van der Waals surface area contributed by atoms with Crippen LogP contribution in [0.15, 0.2) is 54.7 Å². The molecule has 0 bridgehead atoms. The van der Waals surface area contributed by atoms with E-state index in [2.05, 4.69) is 27.9 Å². The van der Waals surface area contributed by atoms with Crippen molar-refractivity contribution in [3.63, 3.8) is 0 Å². The number of para-hydroxylation sites is 1. The lowest BCUT2D eigenvalue weighted by Crippen LogP contribution is -2.26. The predicted molar refractivity (Wildman–Crippen MR) is 121 cm³/mol. The van der Waals surface area contributed by atoms with Gasteiger partial charge in [-0.05, 0) is 43.2 Å². The molecule has 156 valence electrons. The van der Waals surface area contributed by atoms with Crippen molar-refractivity contribution in [1.29, 1.82) is 0 Å². The molecule has 0 saturated heterocycles. The van der Waals surface area contributed by atoms with Gasteiger partial charge in [0.25, 0.3) is 5.91 Å². The second-order valence-corrected chi connectivity index (χ2v) is 7.13. The van der Waals surface area contributed by atoms with Gasteiger partial charge in [-0.2, -0.15) is 0 Å². The van der Waals surface area contributed by atoms with Gasteiger partial charge in [0.2, 0.25) is 5.91 Å². The molecule has 1 heterocycles. The molecule has 0 spiro atoms. The first-order valence-corrected chi connectivity index (χ1v) is 10.4. The van der Waals surface area contributed by atoms with Crippen LogP contribution in [0.1, 0.15) is 42.6 Å². The van der Waals surface area contributed by atoms with Gasteiger partial charge in [-0.15, -0.1) is 0 Å². The van der Waals surface area contributed by atoms with Crippen LogP contribution in [0.4, 0.5) is 11.4 Å². The first kappa shape index (κ1) is 21.3. The summed E-state index contributed by atoms with van der Waals surface area (Å²) >= 11 is 0. The summed E-state index contributed by atoms with van der Waals surface area (Å²) < 4.78 is 0. The van der Waals surface area contributed by atoms with Crippen LogP contribution >= 0.6 is 0 Å². The van der Waals surface area contributed by atoms with E-state index in [1.165, 1.54) is 0 Å². The van der Waals surface area contributed by atoms with Crippen molar-refractivity contribution < 1.29 is 9.59 Å². The maximum absolute atomic E-state index is 12.7. The van der Waals surface area contributed by atoms with Gasteiger partial charge in [0.15, 0.2) is 0 Å². The second-order valence-electron chi connectivity index (χ2n) is 7.13. The molecule has 0 atom stereocenters. The average Bonchev–Trinajstić information content (AvgIpc) is 2.75. The molecule has 0 radical (unpaired) electrons. The average molecular weight is 405 g/mol. The molecule has 2 aromatic carbocycles. The SMILES string of the molecule is CCCCNC(=O)Cc1ccc2ncc(C(=O)NCC)c(Nc3ccccc3)c2c1. The van der Waals surface area contributed by atoms with Crippen LogP contribution in [0.5, 0.6) is 0 Å². The van der Waals surface area contributed by atoms with Crippen molar-refractivity contribution >= 4 is 34.1 Å². The third-order valence-corrected chi connectivity index (χ3v) is 4.77. The summed E-state index contributed by atoms with van der Waals surface area (Å²) in [4.78, 5) is 29.4. The summed E-state index contributed by atoms with van der Waals surface area (Å²) in [6.45, 7) is 5.19. The standard InChI is InChI=1S/C24H28N4O2/c1-3-5-13-26-22(29)15-17-11-12-21-19(14-17)23(28-18-9-7-6-8-10-18)20(16-27-21)24(30)25-4-2/h6-12,14,16H,3-5,13,15H2,1-2H3,(H,25,30)(H,26,29)(H,27,28). The summed E-state index contributed by atoms with van der Waals surface area (Å²) in [6.07, 6.45) is 3.89. The Labute approximate surface area is 177 Å². The number of aromatic nitrogens is 1. The molecule has 0 aliphatic carbocycles. The Hall–Kier alpha value is -3.41. The summed E-state index contributed by atoms with van der Waals surface area (Å²) in [6, 6.07) is 15.4. The van der Waals surface area contributed by atoms with E-state index >= 15 is 0 Å². The molecule has 3 N–H and O–H groups in total. The number of nitrogens with zero attached hydrogens (tertiary/aromatic N) is 1. The molecule has 3 aromatic rings. The molecule has 0 aliphatic heterocycles. The molecule has 0 saturated carbocycles. The minimum atomic E-state index is -0.187. The highest BCUT2D eigenvalue weighted by atomic mass is 16.2. The Morgan fingerprint density at radius 1 is 1.00 bits per heavy atom. The van der Waals surface area contributed by atoms with Gasteiger partial charge in [-0.25, -0.2) is 0 Å². The number of carbonyl (C=O) groups is 2. The Morgan fingerprint density at radius 2 is 1.80 bits per heavy atom. The smallest absolute Gasteiger partial charge is 0.254 e. The monoisotopic (exact) mass is 404 g/mol. The van der Waals surface area contributed by atoms with Gasteiger partial charge in [-0.1, -0.05) is 37.6 Å². The van der Waals surface area contributed by atoms with Crippen molar-refractivity contribution in [2.24, 2.45) is 0 Å². The summed E-state index contributed by atoms with van der Waals surface area (Å²) in [5.74, 6) is -0.193. The molecule has 30 heavy (non-hydrogen) atoms. The van der Waals surface area contributed by atoms with Crippen molar-refractivity contribution in [3.05, 3.63) is 65.9 Å². The van der Waals surface area contributed by atoms with Crippen LogP contribution in [0.3, 0.4) is 0 Å². The van der Waals surface area contributed by atoms with Crippen LogP contribution in [0.2, 0.25) is 0 Å². The molecule has 6 nitrogen and oxygen atoms in total. The van der Waals surface area contributed by atoms with Gasteiger partial charge in [-0.3, -0.25) is 14.6 Å². The molecule has 0 aliphatic rings. The van der Waals surface area contributed by atoms with Crippen LogP contribution in [-0.4, -0.2) is 29.9 Å². The van der Waals surface area contributed by atoms with Gasteiger partial charge < -0.3 is 16.0 Å². The number of hydrogen-bond donors (Lipinski definition) is 3. The minimum Gasteiger partial charge on any atom is -0.356 e. The van der Waals surface area contributed by atoms with E-state index in [0.29, 0.717) is 24.3 Å². The van der Waals surface area contributed by atoms with Crippen molar-refractivity contribution in [2.45, 2.75) is 33.1 Å². The number of carbonyl (C=O) groups excluding carboxylic acids is 2. The van der Waals surface area contributed by atoms with Gasteiger partial charge in [0.1, 0.15) is 0 Å². The van der Waals surface area contributed by atoms with Crippen molar-refractivity contribution in [3.8, 4) is 0 Å². The molecule has 2 amide bonds. The van der Waals surface area contributed by atoms with Crippen LogP contribution in [0, 0.1) is 0 Å². The number of nitrogens with one attached hydrogen (secondary N) is 3. The summed E-state index contributed by atoms with van der Waals surface area (Å²) in [7, 11) is 0. The van der Waals surface area contributed by atoms with Gasteiger partial charge in [0, 0.05) is 30.4 Å². The number of pyridine rings is 1. The van der Waals surface area contributed by atoms with E-state index < -0.39 is 0 Å². The Morgan fingerprint density at radius 3 is 2.53 bits per heavy atom. The normalized spacial score (nSPS) is 10.6. The summed E-state index contributed by atoms with van der Waals surface area (Å²) in [5, 5.41) is 9.97. The fourth-order valence-corrected chi connectivity index (χ4v) is 3.23. The molecule has 6 heteroatoms. The lowest BCUT2D eigenvalue weighted by Gasteiger charge is -2.15. The van der Waals surface area contributed by atoms with E-state index in [4.69, 9.17) is 0 Å². The van der Waals surface area contributed by atoms with E-state index in [1.54, 1.807) is 6.20 Å². The maximum atomic E-state index is 12.7. The number of amides is 2. The number of anilines is 2. The first-order chi connectivity index (χ1) is 14.6. The zero-order valence-corrected chi connectivity index (χ0v) is 17.5. The molecular weight excluding hydrogens is 376 g/mol. The van der Waals surface area contributed by atoms with Crippen LogP contribution in [-0.2, 0) is 11.2 Å². The van der Waals surface area contributed by atoms with Crippen LogP contribution in [0.25, 0.3) is 10.9 Å². The van der Waals surface area contributed by atoms with Gasteiger partial charge in [0.05, 0.1) is 23.2 Å². The number of hydrogen-bond acceptors (Lipinski definition) is 4. The van der Waals surface area contributed by atoms with E-state index in [1.807, 2.05) is 55.5 Å².